The van der Waals surface area contributed by atoms with Crippen LogP contribution in [0.25, 0.3) is 23.0 Å². The Hall–Kier alpha value is -4.59. The van der Waals surface area contributed by atoms with Gasteiger partial charge in [0, 0.05) is 42.3 Å². The summed E-state index contributed by atoms with van der Waals surface area (Å²) in [7, 11) is 0. The van der Waals surface area contributed by atoms with Gasteiger partial charge in [-0.25, -0.2) is 9.07 Å². The lowest BCUT2D eigenvalue weighted by Gasteiger charge is -2.13. The third-order valence-electron chi connectivity index (χ3n) is 5.43. The molecule has 0 aliphatic heterocycles. The number of amides is 2. The van der Waals surface area contributed by atoms with E-state index in [1.165, 1.54) is 18.2 Å². The average Bonchev–Trinajstić information content (AvgIpc) is 3.31. The fourth-order valence-corrected chi connectivity index (χ4v) is 3.58. The molecule has 2 heterocycles. The van der Waals surface area contributed by atoms with E-state index in [1.807, 2.05) is 48.7 Å². The summed E-state index contributed by atoms with van der Waals surface area (Å²) in [5, 5.41) is 7.41. The number of nitrogens with one attached hydrogen (secondary N) is 1. The number of para-hydroxylation sites is 1. The average molecular weight is 470 g/mol. The van der Waals surface area contributed by atoms with Crippen LogP contribution in [0.1, 0.15) is 11.1 Å². The Labute approximate surface area is 202 Å². The van der Waals surface area contributed by atoms with Crippen LogP contribution in [-0.4, -0.2) is 33.1 Å². The molecule has 4 aromatic rings. The molecule has 0 fully saturated rings. The van der Waals surface area contributed by atoms with Crippen LogP contribution < -0.4 is 11.1 Å². The molecule has 2 aromatic heterocycles. The lowest BCUT2D eigenvalue weighted by molar-refractivity contribution is -0.122. The van der Waals surface area contributed by atoms with Crippen molar-refractivity contribution in [2.45, 2.75) is 6.42 Å². The first kappa shape index (κ1) is 23.6. The molecule has 0 aliphatic rings. The Balaban J connectivity index is 1.48. The summed E-state index contributed by atoms with van der Waals surface area (Å²) in [4.78, 5) is 28.6. The van der Waals surface area contributed by atoms with Gasteiger partial charge in [-0.2, -0.15) is 5.10 Å². The monoisotopic (exact) mass is 469 g/mol. The first-order chi connectivity index (χ1) is 17.0. The Kier molecular flexibility index (Phi) is 7.42. The van der Waals surface area contributed by atoms with Gasteiger partial charge in [0.25, 0.3) is 0 Å². The van der Waals surface area contributed by atoms with Crippen molar-refractivity contribution in [2.75, 3.05) is 6.54 Å². The number of pyridine rings is 1. The number of hydrogen-bond donors (Lipinski definition) is 2. The van der Waals surface area contributed by atoms with Gasteiger partial charge in [-0.3, -0.25) is 14.6 Å². The van der Waals surface area contributed by atoms with Crippen LogP contribution in [0.2, 0.25) is 0 Å². The van der Waals surface area contributed by atoms with Crippen LogP contribution in [0.4, 0.5) is 4.39 Å². The van der Waals surface area contributed by atoms with Crippen molar-refractivity contribution in [3.63, 3.8) is 0 Å². The number of primary amides is 1. The molecule has 8 heteroatoms. The van der Waals surface area contributed by atoms with Crippen molar-refractivity contribution in [2.24, 2.45) is 11.7 Å². The summed E-state index contributed by atoms with van der Waals surface area (Å²) < 4.78 is 14.9. The Morgan fingerprint density at radius 2 is 1.83 bits per heavy atom. The minimum atomic E-state index is -0.621. The number of nitrogens with two attached hydrogens (primary N) is 1. The zero-order valence-electron chi connectivity index (χ0n) is 18.8. The van der Waals surface area contributed by atoms with Crippen LogP contribution in [0.3, 0.4) is 0 Å². The van der Waals surface area contributed by atoms with Crippen LogP contribution in [0.5, 0.6) is 0 Å². The largest absolute Gasteiger partial charge is 0.369 e. The molecular formula is C27H24FN5O2. The van der Waals surface area contributed by atoms with Gasteiger partial charge in [0.1, 0.15) is 11.5 Å². The minimum Gasteiger partial charge on any atom is -0.369 e. The molecule has 0 saturated heterocycles. The number of aromatic nitrogens is 3. The van der Waals surface area contributed by atoms with Gasteiger partial charge in [0.05, 0.1) is 11.6 Å². The third-order valence-corrected chi connectivity index (χ3v) is 5.43. The maximum absolute atomic E-state index is 13.1. The van der Waals surface area contributed by atoms with Gasteiger partial charge in [0.2, 0.25) is 11.8 Å². The fourth-order valence-electron chi connectivity index (χ4n) is 3.58. The SMILES string of the molecule is NC(=O)C(CNC(=O)/C=C/c1cn(-c2ccccc2)nc1-c1cccnc1)Cc1ccc(F)cc1. The molecule has 1 unspecified atom stereocenters. The summed E-state index contributed by atoms with van der Waals surface area (Å²) in [6, 6.07) is 19.2. The highest BCUT2D eigenvalue weighted by molar-refractivity contribution is 5.93. The van der Waals surface area contributed by atoms with Gasteiger partial charge in [-0.1, -0.05) is 30.3 Å². The highest BCUT2D eigenvalue weighted by atomic mass is 19.1. The molecule has 2 amide bonds. The zero-order valence-corrected chi connectivity index (χ0v) is 18.8. The van der Waals surface area contributed by atoms with Crippen molar-refractivity contribution in [1.29, 1.82) is 0 Å². The number of rotatable bonds is 9. The number of nitrogens with zero attached hydrogens (tertiary/aromatic N) is 3. The maximum atomic E-state index is 13.1. The van der Waals surface area contributed by atoms with Gasteiger partial charge in [0.15, 0.2) is 0 Å². The normalized spacial score (nSPS) is 11.9. The first-order valence-corrected chi connectivity index (χ1v) is 11.0. The number of benzene rings is 2. The maximum Gasteiger partial charge on any atom is 0.244 e. The molecule has 176 valence electrons. The molecule has 4 rings (SSSR count). The Morgan fingerprint density at radius 1 is 1.06 bits per heavy atom. The second-order valence-corrected chi connectivity index (χ2v) is 7.96. The summed E-state index contributed by atoms with van der Waals surface area (Å²) in [6.07, 6.45) is 8.59. The molecule has 0 spiro atoms. The van der Waals surface area contributed by atoms with E-state index < -0.39 is 11.8 Å². The van der Waals surface area contributed by atoms with E-state index in [9.17, 15) is 14.0 Å². The molecule has 0 saturated carbocycles. The number of halogens is 1. The lowest BCUT2D eigenvalue weighted by atomic mass is 9.98. The molecule has 7 nitrogen and oxygen atoms in total. The first-order valence-electron chi connectivity index (χ1n) is 11.0. The number of carbonyl (C=O) groups is 2. The fraction of sp³-hybridized carbons (Fsp3) is 0.111. The predicted octanol–water partition coefficient (Wildman–Crippen LogP) is 3.55. The lowest BCUT2D eigenvalue weighted by Crippen LogP contribution is -2.36. The summed E-state index contributed by atoms with van der Waals surface area (Å²) in [5.41, 5.74) is 9.37. The van der Waals surface area contributed by atoms with Crippen LogP contribution in [0, 0.1) is 11.7 Å². The summed E-state index contributed by atoms with van der Waals surface area (Å²) >= 11 is 0. The molecule has 0 radical (unpaired) electrons. The Morgan fingerprint density at radius 3 is 2.51 bits per heavy atom. The van der Waals surface area contributed by atoms with Gasteiger partial charge in [-0.15, -0.1) is 0 Å². The van der Waals surface area contributed by atoms with Gasteiger partial charge >= 0.3 is 0 Å². The van der Waals surface area contributed by atoms with Gasteiger partial charge in [-0.05, 0) is 54.5 Å². The molecule has 3 N–H and O–H groups in total. The van der Waals surface area contributed by atoms with E-state index in [0.717, 1.165) is 22.4 Å². The second kappa shape index (κ2) is 11.0. The highest BCUT2D eigenvalue weighted by Crippen LogP contribution is 2.24. The van der Waals surface area contributed by atoms with E-state index in [0.29, 0.717) is 12.1 Å². The molecule has 0 aliphatic carbocycles. The van der Waals surface area contributed by atoms with Crippen LogP contribution >= 0.6 is 0 Å². The summed E-state index contributed by atoms with van der Waals surface area (Å²) in [6.45, 7) is 0.0641. The van der Waals surface area contributed by atoms with Crippen molar-refractivity contribution in [3.8, 4) is 16.9 Å². The van der Waals surface area contributed by atoms with Crippen molar-refractivity contribution in [3.05, 3.63) is 108 Å². The van der Waals surface area contributed by atoms with Crippen LogP contribution in [0.15, 0.2) is 91.4 Å². The van der Waals surface area contributed by atoms with Crippen molar-refractivity contribution >= 4 is 17.9 Å². The second-order valence-electron chi connectivity index (χ2n) is 7.96. The molecule has 1 atom stereocenters. The molecule has 2 aromatic carbocycles. The molecule has 0 bridgehead atoms. The van der Waals surface area contributed by atoms with Gasteiger partial charge < -0.3 is 11.1 Å². The van der Waals surface area contributed by atoms with Crippen molar-refractivity contribution < 1.29 is 14.0 Å². The smallest absolute Gasteiger partial charge is 0.244 e. The predicted molar refractivity (Wildman–Crippen MR) is 132 cm³/mol. The van der Waals surface area contributed by atoms with Crippen molar-refractivity contribution in [1.82, 2.24) is 20.1 Å². The topological polar surface area (TPSA) is 103 Å². The van der Waals surface area contributed by atoms with E-state index in [2.05, 4.69) is 15.4 Å². The van der Waals surface area contributed by atoms with E-state index >= 15 is 0 Å². The summed E-state index contributed by atoms with van der Waals surface area (Å²) in [5.74, 6) is -1.89. The minimum absolute atomic E-state index is 0.0641. The highest BCUT2D eigenvalue weighted by Gasteiger charge is 2.17. The molecule has 35 heavy (non-hydrogen) atoms. The zero-order chi connectivity index (χ0) is 24.6. The number of carbonyl (C=O) groups excluding carboxylic acids is 2. The van der Waals surface area contributed by atoms with E-state index in [4.69, 9.17) is 5.73 Å². The van der Waals surface area contributed by atoms with E-state index in [1.54, 1.807) is 35.3 Å². The van der Waals surface area contributed by atoms with Crippen LogP contribution in [-0.2, 0) is 16.0 Å². The quantitative estimate of drug-likeness (QED) is 0.366. The van der Waals surface area contributed by atoms with E-state index in [-0.39, 0.29) is 18.3 Å². The number of hydrogen-bond acceptors (Lipinski definition) is 4. The Bertz CT molecular complexity index is 1320. The standard InChI is InChI=1S/C27H24FN5O2/c28-23-11-8-19(9-12-23)15-22(27(29)35)17-31-25(34)13-10-21-18-33(24-6-2-1-3-7-24)32-26(21)20-5-4-14-30-16-20/h1-14,16,18,22H,15,17H2,(H2,29,35)(H,31,34)/b13-10+. The molecular weight excluding hydrogens is 445 g/mol. The third kappa shape index (κ3) is 6.26.